The number of imidazole rings is 1. The van der Waals surface area contributed by atoms with E-state index in [-0.39, 0.29) is 11.9 Å². The molecule has 0 aliphatic rings. The summed E-state index contributed by atoms with van der Waals surface area (Å²) in [5.74, 6) is 0.718. The van der Waals surface area contributed by atoms with Crippen molar-refractivity contribution < 1.29 is 9.59 Å². The van der Waals surface area contributed by atoms with Crippen LogP contribution in [-0.4, -0.2) is 52.4 Å². The standard InChI is InChI=1S/C23H29N5O2/c1-7-28-20-12-11-17(22(29)26(4)5)13-19(20)24-21(28)14-27(6)23(30)25-18-10-8-9-15(2)16(18)3/h8-13H,7,14H2,1-6H3,(H,25,30). The highest BCUT2D eigenvalue weighted by molar-refractivity contribution is 5.97. The lowest BCUT2D eigenvalue weighted by Crippen LogP contribution is -2.32. The molecule has 2 aromatic carbocycles. The Labute approximate surface area is 177 Å². The Kier molecular flexibility index (Phi) is 6.10. The first-order valence-electron chi connectivity index (χ1n) is 10.0. The van der Waals surface area contributed by atoms with Crippen LogP contribution in [0.1, 0.15) is 34.2 Å². The zero-order chi connectivity index (χ0) is 22.0. The number of anilines is 1. The number of carbonyl (C=O) groups excluding carboxylic acids is 2. The molecule has 0 atom stereocenters. The largest absolute Gasteiger partial charge is 0.345 e. The van der Waals surface area contributed by atoms with Crippen molar-refractivity contribution in [1.82, 2.24) is 19.4 Å². The number of rotatable bonds is 5. The number of urea groups is 1. The number of aromatic nitrogens is 2. The van der Waals surface area contributed by atoms with Crippen LogP contribution in [0, 0.1) is 13.8 Å². The summed E-state index contributed by atoms with van der Waals surface area (Å²) < 4.78 is 2.07. The fourth-order valence-electron chi connectivity index (χ4n) is 3.43. The van der Waals surface area contributed by atoms with Crippen molar-refractivity contribution in [3.63, 3.8) is 0 Å². The molecule has 0 saturated carbocycles. The molecular formula is C23H29N5O2. The average molecular weight is 408 g/mol. The number of nitrogens with one attached hydrogen (secondary N) is 1. The summed E-state index contributed by atoms with van der Waals surface area (Å²) in [6.45, 7) is 7.14. The van der Waals surface area contributed by atoms with Gasteiger partial charge in [-0.05, 0) is 56.2 Å². The molecule has 3 amide bonds. The zero-order valence-electron chi connectivity index (χ0n) is 18.5. The molecule has 0 radical (unpaired) electrons. The molecule has 158 valence electrons. The highest BCUT2D eigenvalue weighted by atomic mass is 16.2. The first-order valence-corrected chi connectivity index (χ1v) is 10.0. The second kappa shape index (κ2) is 8.57. The van der Waals surface area contributed by atoms with E-state index in [9.17, 15) is 9.59 Å². The minimum Gasteiger partial charge on any atom is -0.345 e. The van der Waals surface area contributed by atoms with Crippen LogP contribution < -0.4 is 5.32 Å². The molecule has 1 aromatic heterocycles. The van der Waals surface area contributed by atoms with Gasteiger partial charge in [0.05, 0.1) is 17.6 Å². The fraction of sp³-hybridized carbons (Fsp3) is 0.348. The molecule has 3 rings (SSSR count). The summed E-state index contributed by atoms with van der Waals surface area (Å²) in [5, 5.41) is 2.98. The lowest BCUT2D eigenvalue weighted by molar-refractivity contribution is 0.0827. The fourth-order valence-corrected chi connectivity index (χ4v) is 3.43. The van der Waals surface area contributed by atoms with Gasteiger partial charge >= 0.3 is 6.03 Å². The van der Waals surface area contributed by atoms with Gasteiger partial charge in [-0.1, -0.05) is 12.1 Å². The van der Waals surface area contributed by atoms with Crippen molar-refractivity contribution in [1.29, 1.82) is 0 Å². The van der Waals surface area contributed by atoms with Crippen molar-refractivity contribution in [2.24, 2.45) is 0 Å². The third-order valence-electron chi connectivity index (χ3n) is 5.37. The smallest absolute Gasteiger partial charge is 0.321 e. The van der Waals surface area contributed by atoms with E-state index in [0.717, 1.165) is 40.2 Å². The minimum absolute atomic E-state index is 0.0606. The second-order valence-electron chi connectivity index (χ2n) is 7.71. The summed E-state index contributed by atoms with van der Waals surface area (Å²) in [6, 6.07) is 11.2. The molecule has 1 heterocycles. The number of amides is 3. The number of fused-ring (bicyclic) bond motifs is 1. The summed E-state index contributed by atoms with van der Waals surface area (Å²) >= 11 is 0. The normalized spacial score (nSPS) is 10.9. The van der Waals surface area contributed by atoms with E-state index < -0.39 is 0 Å². The predicted octanol–water partition coefficient (Wildman–Crippen LogP) is 4.04. The molecule has 0 bridgehead atoms. The highest BCUT2D eigenvalue weighted by Crippen LogP contribution is 2.21. The van der Waals surface area contributed by atoms with Crippen LogP contribution in [0.3, 0.4) is 0 Å². The van der Waals surface area contributed by atoms with E-state index >= 15 is 0 Å². The first kappa shape index (κ1) is 21.4. The van der Waals surface area contributed by atoms with Crippen LogP contribution >= 0.6 is 0 Å². The Bertz CT molecular complexity index is 1100. The summed E-state index contributed by atoms with van der Waals surface area (Å²) in [5.41, 5.74) is 5.29. The number of carbonyl (C=O) groups is 2. The zero-order valence-corrected chi connectivity index (χ0v) is 18.5. The van der Waals surface area contributed by atoms with Crippen LogP contribution in [0.25, 0.3) is 11.0 Å². The van der Waals surface area contributed by atoms with E-state index in [1.807, 2.05) is 57.2 Å². The number of hydrogen-bond acceptors (Lipinski definition) is 3. The van der Waals surface area contributed by atoms with Crippen molar-refractivity contribution in [2.45, 2.75) is 33.9 Å². The Morgan fingerprint density at radius 3 is 2.50 bits per heavy atom. The van der Waals surface area contributed by atoms with E-state index in [1.165, 1.54) is 0 Å². The van der Waals surface area contributed by atoms with Crippen LogP contribution in [0.5, 0.6) is 0 Å². The first-order chi connectivity index (χ1) is 14.2. The van der Waals surface area contributed by atoms with Crippen LogP contribution in [0.2, 0.25) is 0 Å². The lowest BCUT2D eigenvalue weighted by atomic mass is 10.1. The molecule has 0 aliphatic carbocycles. The van der Waals surface area contributed by atoms with Crippen LogP contribution in [0.15, 0.2) is 36.4 Å². The molecule has 30 heavy (non-hydrogen) atoms. The third kappa shape index (κ3) is 4.15. The maximum absolute atomic E-state index is 12.7. The quantitative estimate of drug-likeness (QED) is 0.694. The van der Waals surface area contributed by atoms with E-state index in [0.29, 0.717) is 12.1 Å². The van der Waals surface area contributed by atoms with E-state index in [1.54, 1.807) is 30.9 Å². The van der Waals surface area contributed by atoms with Gasteiger partial charge in [0, 0.05) is 38.9 Å². The van der Waals surface area contributed by atoms with Gasteiger partial charge in [0.25, 0.3) is 5.91 Å². The molecular weight excluding hydrogens is 378 g/mol. The summed E-state index contributed by atoms with van der Waals surface area (Å²) in [4.78, 5) is 32.9. The predicted molar refractivity (Wildman–Crippen MR) is 120 cm³/mol. The van der Waals surface area contributed by atoms with Crippen molar-refractivity contribution in [3.8, 4) is 0 Å². The Morgan fingerprint density at radius 2 is 1.83 bits per heavy atom. The van der Waals surface area contributed by atoms with E-state index in [4.69, 9.17) is 4.98 Å². The second-order valence-corrected chi connectivity index (χ2v) is 7.71. The van der Waals surface area contributed by atoms with Crippen LogP contribution in [0.4, 0.5) is 10.5 Å². The number of aryl methyl sites for hydroxylation is 2. The maximum atomic E-state index is 12.7. The van der Waals surface area contributed by atoms with Gasteiger partial charge < -0.3 is 19.7 Å². The summed E-state index contributed by atoms with van der Waals surface area (Å²) in [7, 11) is 5.21. The minimum atomic E-state index is -0.193. The summed E-state index contributed by atoms with van der Waals surface area (Å²) in [6.07, 6.45) is 0. The Morgan fingerprint density at radius 1 is 1.10 bits per heavy atom. The molecule has 0 spiro atoms. The molecule has 0 unspecified atom stereocenters. The van der Waals surface area contributed by atoms with E-state index in [2.05, 4.69) is 9.88 Å². The van der Waals surface area contributed by atoms with Gasteiger partial charge in [-0.25, -0.2) is 9.78 Å². The van der Waals surface area contributed by atoms with Gasteiger partial charge in [0.1, 0.15) is 5.82 Å². The SMILES string of the molecule is CCn1c(CN(C)C(=O)Nc2cccc(C)c2C)nc2cc(C(=O)N(C)C)ccc21. The molecule has 3 aromatic rings. The monoisotopic (exact) mass is 407 g/mol. The van der Waals surface area contributed by atoms with Gasteiger partial charge in [-0.3, -0.25) is 4.79 Å². The highest BCUT2D eigenvalue weighted by Gasteiger charge is 2.17. The Hall–Kier alpha value is -3.35. The van der Waals surface area contributed by atoms with Gasteiger partial charge in [0.15, 0.2) is 0 Å². The molecule has 0 saturated heterocycles. The van der Waals surface area contributed by atoms with Gasteiger partial charge in [-0.15, -0.1) is 0 Å². The van der Waals surface area contributed by atoms with Gasteiger partial charge in [-0.2, -0.15) is 0 Å². The molecule has 1 N–H and O–H groups in total. The lowest BCUT2D eigenvalue weighted by Gasteiger charge is -2.19. The number of benzene rings is 2. The van der Waals surface area contributed by atoms with Crippen molar-refractivity contribution in [3.05, 3.63) is 58.9 Å². The molecule has 0 fully saturated rings. The number of nitrogens with zero attached hydrogens (tertiary/aromatic N) is 4. The molecule has 7 nitrogen and oxygen atoms in total. The Balaban J connectivity index is 1.84. The molecule has 0 aliphatic heterocycles. The molecule has 7 heteroatoms. The topological polar surface area (TPSA) is 70.5 Å². The third-order valence-corrected chi connectivity index (χ3v) is 5.37. The van der Waals surface area contributed by atoms with Crippen LogP contribution in [-0.2, 0) is 13.1 Å². The maximum Gasteiger partial charge on any atom is 0.321 e. The van der Waals surface area contributed by atoms with Crippen molar-refractivity contribution in [2.75, 3.05) is 26.5 Å². The van der Waals surface area contributed by atoms with Crippen molar-refractivity contribution >= 4 is 28.7 Å². The average Bonchev–Trinajstić information content (AvgIpc) is 3.06. The van der Waals surface area contributed by atoms with Gasteiger partial charge in [0.2, 0.25) is 0 Å². The number of hydrogen-bond donors (Lipinski definition) is 1.